The molecule has 0 aliphatic heterocycles. The van der Waals surface area contributed by atoms with E-state index in [4.69, 9.17) is 15.0 Å². The number of hydrogen-bond acceptors (Lipinski definition) is 3. The summed E-state index contributed by atoms with van der Waals surface area (Å²) in [7, 11) is 0. The third kappa shape index (κ3) is 3.74. The normalized spacial score (nSPS) is 12.0. The molecule has 0 aliphatic carbocycles. The van der Waals surface area contributed by atoms with Gasteiger partial charge < -0.3 is 9.13 Å². The average Bonchev–Trinajstić information content (AvgIpc) is 3.72. The van der Waals surface area contributed by atoms with E-state index < -0.39 is 0 Å². The van der Waals surface area contributed by atoms with E-state index in [1.54, 1.807) is 0 Å². The second kappa shape index (κ2) is 10.3. The van der Waals surface area contributed by atoms with Gasteiger partial charge in [0.15, 0.2) is 17.1 Å². The summed E-state index contributed by atoms with van der Waals surface area (Å²) in [5.41, 5.74) is 9.06. The van der Waals surface area contributed by atoms with Crippen molar-refractivity contribution in [1.82, 2.24) is 24.1 Å². The second-order valence-electron chi connectivity index (χ2n) is 12.8. The van der Waals surface area contributed by atoms with Crippen molar-refractivity contribution >= 4 is 76.5 Å². The molecular formula is C45H27N5. The van der Waals surface area contributed by atoms with Crippen LogP contribution in [0.5, 0.6) is 0 Å². The van der Waals surface area contributed by atoms with Crippen LogP contribution in [0.1, 0.15) is 0 Å². The highest BCUT2D eigenvalue weighted by Crippen LogP contribution is 2.46. The molecule has 0 spiro atoms. The van der Waals surface area contributed by atoms with Crippen molar-refractivity contribution in [1.29, 1.82) is 0 Å². The number of benzene rings is 7. The molecule has 11 rings (SSSR count). The van der Waals surface area contributed by atoms with Crippen molar-refractivity contribution in [2.24, 2.45) is 0 Å². The summed E-state index contributed by atoms with van der Waals surface area (Å²) >= 11 is 0. The van der Waals surface area contributed by atoms with Gasteiger partial charge in [0.1, 0.15) is 0 Å². The smallest absolute Gasteiger partial charge is 0.164 e. The number of hydrogen-bond donors (Lipinski definition) is 0. The SMILES string of the molecule is c1ccc(-c2nc3nc(n2)c2cccc4c2c2cc(c5ccccc35)c3c5ccccc5n(-c5ccccc5)c3c2n4-c2ccccc2)cc1. The fraction of sp³-hybridized carbons (Fsp3) is 0. The predicted molar refractivity (Wildman–Crippen MR) is 206 cm³/mol. The number of nitrogens with zero attached hydrogens (tertiary/aromatic N) is 5. The van der Waals surface area contributed by atoms with E-state index in [2.05, 4.69) is 155 Å². The van der Waals surface area contributed by atoms with Gasteiger partial charge in [-0.1, -0.05) is 121 Å². The van der Waals surface area contributed by atoms with Gasteiger partial charge >= 0.3 is 0 Å². The molecule has 4 bridgehead atoms. The highest BCUT2D eigenvalue weighted by atomic mass is 15.1. The molecule has 5 heteroatoms. The molecule has 50 heavy (non-hydrogen) atoms. The molecule has 0 N–H and O–H groups in total. The molecule has 4 heterocycles. The Morgan fingerprint density at radius 2 is 0.880 bits per heavy atom. The van der Waals surface area contributed by atoms with E-state index in [-0.39, 0.29) is 0 Å². The van der Waals surface area contributed by atoms with Gasteiger partial charge in [0.2, 0.25) is 0 Å². The molecule has 5 nitrogen and oxygen atoms in total. The van der Waals surface area contributed by atoms with Gasteiger partial charge in [-0.3, -0.25) is 0 Å². The van der Waals surface area contributed by atoms with Crippen LogP contribution < -0.4 is 0 Å². The first-order valence-corrected chi connectivity index (χ1v) is 16.9. The molecule has 0 aliphatic rings. The molecular weight excluding hydrogens is 611 g/mol. The molecule has 0 radical (unpaired) electrons. The van der Waals surface area contributed by atoms with Crippen LogP contribution in [-0.2, 0) is 0 Å². The molecule has 4 aromatic heterocycles. The lowest BCUT2D eigenvalue weighted by Gasteiger charge is -2.13. The summed E-state index contributed by atoms with van der Waals surface area (Å²) in [4.78, 5) is 15.6. The van der Waals surface area contributed by atoms with Gasteiger partial charge in [0.05, 0.1) is 22.1 Å². The molecule has 11 aromatic rings. The fourth-order valence-corrected chi connectivity index (χ4v) is 8.03. The predicted octanol–water partition coefficient (Wildman–Crippen LogP) is 11.2. The van der Waals surface area contributed by atoms with Gasteiger partial charge in [0, 0.05) is 49.3 Å². The maximum absolute atomic E-state index is 5.26. The Kier molecular flexibility index (Phi) is 5.60. The summed E-state index contributed by atoms with van der Waals surface area (Å²) in [5, 5.41) is 8.87. The molecule has 0 saturated heterocycles. The summed E-state index contributed by atoms with van der Waals surface area (Å²) in [5.74, 6) is 0.659. The summed E-state index contributed by atoms with van der Waals surface area (Å²) in [6.07, 6.45) is 0. The van der Waals surface area contributed by atoms with E-state index >= 15 is 0 Å². The van der Waals surface area contributed by atoms with E-state index in [0.29, 0.717) is 17.1 Å². The van der Waals surface area contributed by atoms with Crippen molar-refractivity contribution in [3.8, 4) is 22.8 Å². The van der Waals surface area contributed by atoms with Crippen LogP contribution >= 0.6 is 0 Å². The Hall–Kier alpha value is -6.85. The molecule has 232 valence electrons. The molecule has 0 unspecified atom stereocenters. The van der Waals surface area contributed by atoms with Crippen molar-refractivity contribution in [2.45, 2.75) is 0 Å². The van der Waals surface area contributed by atoms with Crippen molar-refractivity contribution in [3.63, 3.8) is 0 Å². The van der Waals surface area contributed by atoms with E-state index in [1.807, 2.05) is 18.2 Å². The van der Waals surface area contributed by atoms with Crippen molar-refractivity contribution in [2.75, 3.05) is 0 Å². The third-order valence-electron chi connectivity index (χ3n) is 10.1. The molecule has 0 atom stereocenters. The molecule has 0 fully saturated rings. The van der Waals surface area contributed by atoms with Crippen LogP contribution in [0.15, 0.2) is 164 Å². The third-order valence-corrected chi connectivity index (χ3v) is 10.1. The lowest BCUT2D eigenvalue weighted by molar-refractivity contribution is 1.15. The number of rotatable bonds is 3. The standard InChI is InChI=1S/C45H27N5/c1-4-15-28(16-5-1)43-46-44-32-22-11-10-21-31(32)35-27-36-39-34(45(47-43)48-44)24-14-26-38(39)50(30-19-8-3-9-20-30)41(36)42-40(35)33-23-12-13-25-37(33)49(42)29-17-6-2-7-18-29/h1-27H. The summed E-state index contributed by atoms with van der Waals surface area (Å²) in [6.45, 7) is 0. The van der Waals surface area contributed by atoms with Crippen LogP contribution in [0, 0.1) is 0 Å². The van der Waals surface area contributed by atoms with Crippen molar-refractivity contribution < 1.29 is 0 Å². The first-order valence-electron chi connectivity index (χ1n) is 16.9. The first kappa shape index (κ1) is 27.1. The van der Waals surface area contributed by atoms with Crippen LogP contribution in [0.4, 0.5) is 0 Å². The minimum Gasteiger partial charge on any atom is -0.307 e. The van der Waals surface area contributed by atoms with Gasteiger partial charge in [-0.2, -0.15) is 0 Å². The lowest BCUT2D eigenvalue weighted by Crippen LogP contribution is -1.98. The molecule has 7 aromatic carbocycles. The largest absolute Gasteiger partial charge is 0.307 e. The summed E-state index contributed by atoms with van der Waals surface area (Å²) in [6, 6.07) is 57.9. The Balaban J connectivity index is 1.52. The highest BCUT2D eigenvalue weighted by molar-refractivity contribution is 6.34. The Morgan fingerprint density at radius 3 is 1.60 bits per heavy atom. The van der Waals surface area contributed by atoms with Gasteiger partial charge in [0.25, 0.3) is 0 Å². The number of aromatic nitrogens is 5. The van der Waals surface area contributed by atoms with E-state index in [9.17, 15) is 0 Å². The molecule has 0 amide bonds. The monoisotopic (exact) mass is 637 g/mol. The fourth-order valence-electron chi connectivity index (χ4n) is 8.03. The van der Waals surface area contributed by atoms with Gasteiger partial charge in [-0.15, -0.1) is 0 Å². The zero-order valence-electron chi connectivity index (χ0n) is 26.8. The average molecular weight is 638 g/mol. The zero-order chi connectivity index (χ0) is 32.8. The number of para-hydroxylation sites is 3. The van der Waals surface area contributed by atoms with Crippen LogP contribution in [-0.4, -0.2) is 24.1 Å². The quantitative estimate of drug-likeness (QED) is 0.194. The summed E-state index contributed by atoms with van der Waals surface area (Å²) < 4.78 is 4.88. The van der Waals surface area contributed by atoms with Crippen LogP contribution in [0.2, 0.25) is 0 Å². The van der Waals surface area contributed by atoms with Crippen LogP contribution in [0.3, 0.4) is 0 Å². The minimum absolute atomic E-state index is 0.659. The minimum atomic E-state index is 0.659. The first-order chi connectivity index (χ1) is 24.8. The van der Waals surface area contributed by atoms with Gasteiger partial charge in [-0.05, 0) is 53.2 Å². The maximum Gasteiger partial charge on any atom is 0.164 e. The Labute approximate surface area is 286 Å². The van der Waals surface area contributed by atoms with E-state index in [1.165, 1.54) is 10.8 Å². The lowest BCUT2D eigenvalue weighted by atomic mass is 9.99. The zero-order valence-corrected chi connectivity index (χ0v) is 26.8. The van der Waals surface area contributed by atoms with Crippen molar-refractivity contribution in [3.05, 3.63) is 164 Å². The second-order valence-corrected chi connectivity index (χ2v) is 12.8. The number of fused-ring (bicyclic) bond motifs is 12. The van der Waals surface area contributed by atoms with Gasteiger partial charge in [-0.25, -0.2) is 15.0 Å². The topological polar surface area (TPSA) is 48.5 Å². The highest BCUT2D eigenvalue weighted by Gasteiger charge is 2.25. The Bertz CT molecular complexity index is 3120. The molecule has 0 saturated carbocycles. The van der Waals surface area contributed by atoms with Crippen LogP contribution in [0.25, 0.3) is 99.2 Å². The Morgan fingerprint density at radius 1 is 0.340 bits per heavy atom. The maximum atomic E-state index is 5.26. The van der Waals surface area contributed by atoms with E-state index in [0.717, 1.165) is 71.3 Å².